The molecule has 0 saturated heterocycles. The maximum atomic E-state index is 13.3. The van der Waals surface area contributed by atoms with Crippen molar-refractivity contribution in [2.45, 2.75) is 83.2 Å². The van der Waals surface area contributed by atoms with Crippen molar-refractivity contribution in [2.75, 3.05) is 13.2 Å². The first-order valence-corrected chi connectivity index (χ1v) is 21.0. The number of hydrogen-bond donors (Lipinski definition) is 3. The van der Waals surface area contributed by atoms with Crippen molar-refractivity contribution in [3.63, 3.8) is 0 Å². The van der Waals surface area contributed by atoms with Gasteiger partial charge in [0.05, 0.1) is 6.42 Å². The Morgan fingerprint density at radius 3 is 1.18 bits per heavy atom. The van der Waals surface area contributed by atoms with Gasteiger partial charge in [0.2, 0.25) is 0 Å². The number of rotatable bonds is 24. The van der Waals surface area contributed by atoms with E-state index in [1.807, 2.05) is 0 Å². The van der Waals surface area contributed by atoms with Crippen LogP contribution in [0.3, 0.4) is 0 Å². The highest BCUT2D eigenvalue weighted by Gasteiger charge is 2.28. The Bertz CT molecular complexity index is 2020. The maximum absolute atomic E-state index is 13.3. The summed E-state index contributed by atoms with van der Waals surface area (Å²) in [7, 11) is 0. The fourth-order valence-electron chi connectivity index (χ4n) is 5.59. The van der Waals surface area contributed by atoms with Crippen LogP contribution in [0, 0.1) is 0 Å². The van der Waals surface area contributed by atoms with Crippen LogP contribution >= 0.6 is 0 Å². The number of amides is 3. The average Bonchev–Trinajstić information content (AvgIpc) is 3.31. The topological polar surface area (TPSA) is 246 Å². The fourth-order valence-corrected chi connectivity index (χ4v) is 5.59. The second-order valence-corrected chi connectivity index (χ2v) is 14.0. The third-order valence-electron chi connectivity index (χ3n) is 8.91. The molecule has 4 atom stereocenters. The van der Waals surface area contributed by atoms with E-state index in [9.17, 15) is 38.4 Å². The lowest BCUT2D eigenvalue weighted by molar-refractivity contribution is -0.157. The van der Waals surface area contributed by atoms with Crippen LogP contribution in [-0.4, -0.2) is 85.8 Å². The van der Waals surface area contributed by atoms with Gasteiger partial charge >= 0.3 is 48.1 Å². The summed E-state index contributed by atoms with van der Waals surface area (Å²) < 4.78 is 42.3. The van der Waals surface area contributed by atoms with Gasteiger partial charge in [0.25, 0.3) is 0 Å². The zero-order valence-corrected chi connectivity index (χ0v) is 36.3. The molecule has 19 heteroatoms. The van der Waals surface area contributed by atoms with Gasteiger partial charge in [-0.3, -0.25) is 19.7 Å². The molecule has 4 unspecified atom stereocenters. The maximum Gasteiger partial charge on any atom is 0.415 e. The van der Waals surface area contributed by atoms with Crippen molar-refractivity contribution in [3.05, 3.63) is 121 Å². The largest absolute Gasteiger partial charge is 0.462 e. The molecule has 0 aliphatic heterocycles. The minimum Gasteiger partial charge on any atom is -0.462 e. The summed E-state index contributed by atoms with van der Waals surface area (Å²) in [5, 5.41) is 7.14. The lowest BCUT2D eigenvalue weighted by Gasteiger charge is -2.20. The van der Waals surface area contributed by atoms with E-state index in [0.29, 0.717) is 5.75 Å². The zero-order chi connectivity index (χ0) is 47.5. The van der Waals surface area contributed by atoms with Crippen molar-refractivity contribution < 1.29 is 76.3 Å². The molecule has 3 N–H and O–H groups in total. The van der Waals surface area contributed by atoms with Gasteiger partial charge in [0, 0.05) is 19.3 Å². The average molecular weight is 914 g/mol. The summed E-state index contributed by atoms with van der Waals surface area (Å²) in [4.78, 5) is 103. The molecule has 0 aliphatic carbocycles. The highest BCUT2D eigenvalue weighted by atomic mass is 16.6. The van der Waals surface area contributed by atoms with Gasteiger partial charge in [-0.1, -0.05) is 86.6 Å². The molecule has 19 nitrogen and oxygen atoms in total. The minimum absolute atomic E-state index is 0.158. The van der Waals surface area contributed by atoms with Crippen molar-refractivity contribution in [1.29, 1.82) is 0 Å². The molecule has 0 fully saturated rings. The summed E-state index contributed by atoms with van der Waals surface area (Å²) in [6.45, 7) is 2.26. The van der Waals surface area contributed by atoms with Crippen molar-refractivity contribution in [2.24, 2.45) is 0 Å². The van der Waals surface area contributed by atoms with E-state index in [4.69, 9.17) is 37.9 Å². The first-order chi connectivity index (χ1) is 31.9. The number of ether oxygens (including phenoxy) is 8. The highest BCUT2D eigenvalue weighted by Crippen LogP contribution is 2.16. The van der Waals surface area contributed by atoms with E-state index < -0.39 is 98.6 Å². The Hall–Kier alpha value is -7.96. The molecule has 4 aromatic carbocycles. The van der Waals surface area contributed by atoms with Gasteiger partial charge in [-0.05, 0) is 67.8 Å². The molecular formula is C47H51N3O16. The van der Waals surface area contributed by atoms with Crippen LogP contribution in [0.5, 0.6) is 23.0 Å². The minimum atomic E-state index is -1.47. The first kappa shape index (κ1) is 50.7. The Labute approximate surface area is 380 Å². The van der Waals surface area contributed by atoms with Crippen molar-refractivity contribution in [1.82, 2.24) is 16.0 Å². The van der Waals surface area contributed by atoms with E-state index in [1.54, 1.807) is 111 Å². The van der Waals surface area contributed by atoms with Gasteiger partial charge in [-0.25, -0.2) is 24.0 Å². The van der Waals surface area contributed by atoms with Crippen LogP contribution in [0.1, 0.15) is 58.8 Å². The number of nitrogens with one attached hydrogen (secondary N) is 3. The Morgan fingerprint density at radius 1 is 0.439 bits per heavy atom. The predicted molar refractivity (Wildman–Crippen MR) is 232 cm³/mol. The lowest BCUT2D eigenvalue weighted by Crippen LogP contribution is -2.45. The summed E-state index contributed by atoms with van der Waals surface area (Å²) in [5.74, 6) is -3.40. The molecule has 350 valence electrons. The predicted octanol–water partition coefficient (Wildman–Crippen LogP) is 6.33. The van der Waals surface area contributed by atoms with Gasteiger partial charge in [0.1, 0.15) is 54.4 Å². The molecular weight excluding hydrogens is 863 g/mol. The molecule has 0 aliphatic rings. The molecule has 0 heterocycles. The zero-order valence-electron chi connectivity index (χ0n) is 36.3. The third kappa shape index (κ3) is 19.6. The summed E-state index contributed by atoms with van der Waals surface area (Å²) in [6, 6.07) is 29.5. The molecule has 0 spiro atoms. The number of carbonyl (C=O) groups is 8. The van der Waals surface area contributed by atoms with Crippen molar-refractivity contribution >= 4 is 48.1 Å². The molecule has 0 aromatic heterocycles. The van der Waals surface area contributed by atoms with Gasteiger partial charge in [0.15, 0.2) is 6.23 Å². The Morgan fingerprint density at radius 2 is 0.803 bits per heavy atom. The number of carbonyl (C=O) groups excluding carboxylic acids is 8. The van der Waals surface area contributed by atoms with Crippen LogP contribution < -0.4 is 34.9 Å². The molecule has 0 bridgehead atoms. The first-order valence-electron chi connectivity index (χ1n) is 21.0. The third-order valence-corrected chi connectivity index (χ3v) is 8.91. The van der Waals surface area contributed by atoms with Crippen LogP contribution in [0.25, 0.3) is 0 Å². The van der Waals surface area contributed by atoms with E-state index in [0.717, 1.165) is 0 Å². The molecule has 0 saturated carbocycles. The number of para-hydroxylation sites is 4. The van der Waals surface area contributed by atoms with E-state index in [1.165, 1.54) is 24.3 Å². The van der Waals surface area contributed by atoms with E-state index in [-0.39, 0.29) is 49.4 Å². The normalized spacial score (nSPS) is 12.3. The monoisotopic (exact) mass is 913 g/mol. The highest BCUT2D eigenvalue weighted by molar-refractivity contribution is 5.84. The number of benzene rings is 4. The fraction of sp³-hybridized carbons (Fsp3) is 0.319. The standard InChI is InChI=1S/C47H51N3O16/c1-3-32(31-42(53)62-33-17-9-5-10-18-33)61-40(51)27-25-37(48-45(56)63-34-19-11-6-12-20-34)43(54)59-29-30-60-44(55)38(49-46(57)64-35-21-13-7-14-22-35)26-28-41(52)66-39(4-2)50-47(58)65-36-23-15-8-16-24-36/h5-24,32,37-39H,3-4,25-31H2,1-2H3,(H,48,56)(H,49,57)(H,50,58). The second kappa shape index (κ2) is 28.0. The quantitative estimate of drug-likeness (QED) is 0.0228. The summed E-state index contributed by atoms with van der Waals surface area (Å²) >= 11 is 0. The van der Waals surface area contributed by atoms with Crippen LogP contribution in [0.4, 0.5) is 14.4 Å². The molecule has 4 aromatic rings. The van der Waals surface area contributed by atoms with Gasteiger partial charge in [-0.2, -0.15) is 0 Å². The number of hydrogen-bond acceptors (Lipinski definition) is 16. The summed E-state index contributed by atoms with van der Waals surface area (Å²) in [6.07, 6.45) is -6.16. The molecule has 66 heavy (non-hydrogen) atoms. The number of esters is 5. The van der Waals surface area contributed by atoms with Gasteiger partial charge < -0.3 is 48.5 Å². The Balaban J connectivity index is 1.32. The smallest absolute Gasteiger partial charge is 0.415 e. The van der Waals surface area contributed by atoms with Crippen LogP contribution in [0.15, 0.2) is 121 Å². The second-order valence-electron chi connectivity index (χ2n) is 14.0. The van der Waals surface area contributed by atoms with E-state index in [2.05, 4.69) is 16.0 Å². The molecule has 4 rings (SSSR count). The SMILES string of the molecule is CCC(CC(=O)Oc1ccccc1)OC(=O)CCC(NC(=O)Oc1ccccc1)C(=O)OCCOC(=O)C(CCC(=O)OC(CC)NC(=O)Oc1ccccc1)NC(=O)Oc1ccccc1. The molecule has 3 amide bonds. The van der Waals surface area contributed by atoms with E-state index >= 15 is 0 Å². The molecule has 0 radical (unpaired) electrons. The van der Waals surface area contributed by atoms with Crippen LogP contribution in [-0.2, 0) is 42.9 Å². The van der Waals surface area contributed by atoms with Crippen LogP contribution in [0.2, 0.25) is 0 Å². The summed E-state index contributed by atoms with van der Waals surface area (Å²) in [5.41, 5.74) is 0. The lowest BCUT2D eigenvalue weighted by atomic mass is 10.1. The van der Waals surface area contributed by atoms with Crippen molar-refractivity contribution in [3.8, 4) is 23.0 Å². The van der Waals surface area contributed by atoms with Gasteiger partial charge in [-0.15, -0.1) is 0 Å². The Kier molecular flexibility index (Phi) is 21.5.